The molecule has 0 unspecified atom stereocenters. The summed E-state index contributed by atoms with van der Waals surface area (Å²) < 4.78 is 11.1. The number of fused-ring (bicyclic) bond motifs is 16. The molecule has 1 aromatic carbocycles. The number of hydrogen-bond acceptors (Lipinski definition) is 11. The van der Waals surface area contributed by atoms with E-state index in [-0.39, 0.29) is 48.1 Å². The standard InChI is InChI=1S/C27H17N7O4S2/c35-22-18-10-37-24(31-18)20-12-39-26(33-20)16-5-2-6-17(30-16)27-34-21(13-40-27)25-32-19(11-38-25)23(36)29-9-15-4-1-3-14(7-15)8-28-22/h1-7,10-13H,8-9H2,(H,28,35)(H,29,36). The molecule has 6 aromatic rings. The van der Waals surface area contributed by atoms with Crippen molar-refractivity contribution < 1.29 is 18.4 Å². The third-order valence-corrected chi connectivity index (χ3v) is 7.73. The first kappa shape index (κ1) is 24.1. The Kier molecular flexibility index (Phi) is 5.98. The highest BCUT2D eigenvalue weighted by Crippen LogP contribution is 2.31. The number of nitrogens with zero attached hydrogens (tertiary/aromatic N) is 5. The van der Waals surface area contributed by atoms with Crippen LogP contribution >= 0.6 is 22.7 Å². The Hall–Kier alpha value is -5.01. The third kappa shape index (κ3) is 4.67. The van der Waals surface area contributed by atoms with E-state index < -0.39 is 0 Å². The molecule has 1 aliphatic heterocycles. The van der Waals surface area contributed by atoms with Crippen molar-refractivity contribution in [3.8, 4) is 44.6 Å². The Morgan fingerprint density at radius 1 is 0.600 bits per heavy atom. The summed E-state index contributed by atoms with van der Waals surface area (Å²) >= 11 is 2.77. The Balaban J connectivity index is 1.26. The van der Waals surface area contributed by atoms with E-state index in [0.717, 1.165) is 11.1 Å². The summed E-state index contributed by atoms with van der Waals surface area (Å²) in [5.74, 6) is -0.271. The number of benzene rings is 1. The largest absolute Gasteiger partial charge is 0.442 e. The summed E-state index contributed by atoms with van der Waals surface area (Å²) in [4.78, 5) is 48.1. The van der Waals surface area contributed by atoms with Crippen LogP contribution < -0.4 is 10.6 Å². The zero-order valence-corrected chi connectivity index (χ0v) is 22.1. The van der Waals surface area contributed by atoms with Crippen LogP contribution in [0.3, 0.4) is 0 Å². The van der Waals surface area contributed by atoms with Crippen LogP contribution in [-0.4, -0.2) is 36.7 Å². The second-order valence-electron chi connectivity index (χ2n) is 8.74. The molecular weight excluding hydrogens is 550 g/mol. The van der Waals surface area contributed by atoms with Gasteiger partial charge < -0.3 is 19.5 Å². The molecule has 2 amide bonds. The third-order valence-electron chi connectivity index (χ3n) is 6.01. The number of pyridine rings is 1. The highest BCUT2D eigenvalue weighted by Gasteiger charge is 2.19. The molecule has 0 radical (unpaired) electrons. The van der Waals surface area contributed by atoms with Crippen LogP contribution in [-0.2, 0) is 13.1 Å². The Morgan fingerprint density at radius 2 is 1.10 bits per heavy atom. The fourth-order valence-corrected chi connectivity index (χ4v) is 5.56. The maximum absolute atomic E-state index is 12.7. The minimum Gasteiger partial charge on any atom is -0.442 e. The number of oxazole rings is 2. The summed E-state index contributed by atoms with van der Waals surface area (Å²) in [6.45, 7) is 0.544. The monoisotopic (exact) mass is 567 g/mol. The maximum atomic E-state index is 12.7. The van der Waals surface area contributed by atoms with E-state index in [9.17, 15) is 9.59 Å². The van der Waals surface area contributed by atoms with Crippen molar-refractivity contribution in [2.45, 2.75) is 13.1 Å². The van der Waals surface area contributed by atoms with Gasteiger partial charge in [0.25, 0.3) is 11.8 Å². The van der Waals surface area contributed by atoms with Crippen molar-refractivity contribution in [1.29, 1.82) is 0 Å². The average Bonchev–Trinajstić information content (AvgIpc) is 3.80. The molecule has 0 atom stereocenters. The van der Waals surface area contributed by atoms with Gasteiger partial charge in [0.1, 0.15) is 33.9 Å². The van der Waals surface area contributed by atoms with E-state index >= 15 is 0 Å². The molecule has 11 nitrogen and oxygen atoms in total. The number of nitrogens with one attached hydrogen (secondary N) is 2. The topological polar surface area (TPSA) is 149 Å². The van der Waals surface area contributed by atoms with Gasteiger partial charge in [-0.3, -0.25) is 9.59 Å². The number of hydrogen-bond donors (Lipinski definition) is 2. The lowest BCUT2D eigenvalue weighted by Crippen LogP contribution is -2.24. The van der Waals surface area contributed by atoms with Crippen molar-refractivity contribution in [2.75, 3.05) is 0 Å². The number of rotatable bonds is 0. The van der Waals surface area contributed by atoms with Gasteiger partial charge in [-0.15, -0.1) is 22.7 Å². The predicted molar refractivity (Wildman–Crippen MR) is 146 cm³/mol. The molecule has 0 aliphatic carbocycles. The lowest BCUT2D eigenvalue weighted by Gasteiger charge is -2.07. The van der Waals surface area contributed by atoms with Crippen LogP contribution in [0.5, 0.6) is 0 Å². The summed E-state index contributed by atoms with van der Waals surface area (Å²) in [5, 5.41) is 10.6. The van der Waals surface area contributed by atoms with E-state index in [1.54, 1.807) is 10.8 Å². The molecule has 13 heteroatoms. The predicted octanol–water partition coefficient (Wildman–Crippen LogP) is 4.81. The van der Waals surface area contributed by atoms with Gasteiger partial charge in [-0.1, -0.05) is 30.3 Å². The number of carbonyl (C=O) groups is 2. The Bertz CT molecular complexity index is 1760. The van der Waals surface area contributed by atoms with Gasteiger partial charge in [0.2, 0.25) is 11.8 Å². The SMILES string of the molecule is O=C1NCc2cccc(c2)CNC(=O)c2coc(n2)-c2csc(n2)-c2cccc(n2)-c2nc(cs2)-c2nc1co2. The molecule has 7 rings (SSSR count). The summed E-state index contributed by atoms with van der Waals surface area (Å²) in [6, 6.07) is 13.1. The number of aromatic nitrogens is 5. The Labute approximate surface area is 234 Å². The fraction of sp³-hybridized carbons (Fsp3) is 0.0741. The van der Waals surface area contributed by atoms with E-state index in [1.165, 1.54) is 35.2 Å². The number of thiazole rings is 2. The van der Waals surface area contributed by atoms with E-state index in [1.807, 2.05) is 42.5 Å². The molecule has 0 saturated carbocycles. The Morgan fingerprint density at radius 3 is 1.62 bits per heavy atom. The lowest BCUT2D eigenvalue weighted by atomic mass is 10.1. The van der Waals surface area contributed by atoms with E-state index in [0.29, 0.717) is 32.8 Å². The molecule has 196 valence electrons. The van der Waals surface area contributed by atoms with E-state index in [4.69, 9.17) is 13.8 Å². The molecule has 40 heavy (non-hydrogen) atoms. The zero-order chi connectivity index (χ0) is 27.1. The van der Waals surface area contributed by atoms with Crippen molar-refractivity contribution >= 4 is 34.5 Å². The first-order valence-electron chi connectivity index (χ1n) is 12.0. The lowest BCUT2D eigenvalue weighted by molar-refractivity contribution is 0.0938. The second kappa shape index (κ2) is 9.94. The normalized spacial score (nSPS) is 13.3. The van der Waals surface area contributed by atoms with Crippen molar-refractivity contribution in [2.24, 2.45) is 0 Å². The highest BCUT2D eigenvalue weighted by atomic mass is 32.1. The van der Waals surface area contributed by atoms with Gasteiger partial charge in [0, 0.05) is 23.8 Å². The number of amides is 2. The van der Waals surface area contributed by atoms with Gasteiger partial charge in [0.15, 0.2) is 11.4 Å². The second-order valence-corrected chi connectivity index (χ2v) is 10.5. The molecule has 0 fully saturated rings. The molecule has 2 N–H and O–H groups in total. The van der Waals surface area contributed by atoms with Gasteiger partial charge in [-0.25, -0.2) is 24.9 Å². The molecule has 0 saturated heterocycles. The van der Waals surface area contributed by atoms with Crippen molar-refractivity contribution in [3.05, 3.63) is 88.3 Å². The van der Waals surface area contributed by atoms with Crippen LogP contribution in [0.25, 0.3) is 44.6 Å². The first-order chi connectivity index (χ1) is 19.6. The van der Waals surface area contributed by atoms with Crippen LogP contribution in [0.2, 0.25) is 0 Å². The molecular formula is C27H17N7O4S2. The van der Waals surface area contributed by atoms with Gasteiger partial charge >= 0.3 is 0 Å². The minimum atomic E-state index is -0.377. The molecule has 0 spiro atoms. The van der Waals surface area contributed by atoms with Crippen LogP contribution in [0.15, 0.2) is 74.6 Å². The van der Waals surface area contributed by atoms with Gasteiger partial charge in [0.05, 0.1) is 11.4 Å². The summed E-state index contributed by atoms with van der Waals surface area (Å²) in [7, 11) is 0. The first-order valence-corrected chi connectivity index (χ1v) is 13.8. The van der Waals surface area contributed by atoms with Crippen molar-refractivity contribution in [1.82, 2.24) is 35.6 Å². The zero-order valence-electron chi connectivity index (χ0n) is 20.5. The van der Waals surface area contributed by atoms with E-state index in [2.05, 4.69) is 30.6 Å². The molecule has 6 heterocycles. The summed E-state index contributed by atoms with van der Waals surface area (Å²) in [6.07, 6.45) is 2.62. The molecule has 5 aromatic heterocycles. The smallest absolute Gasteiger partial charge is 0.273 e. The minimum absolute atomic E-state index is 0.147. The average molecular weight is 568 g/mol. The van der Waals surface area contributed by atoms with Gasteiger partial charge in [-0.05, 0) is 23.3 Å². The van der Waals surface area contributed by atoms with Crippen LogP contribution in [0.1, 0.15) is 32.1 Å². The maximum Gasteiger partial charge on any atom is 0.273 e. The summed E-state index contributed by atoms with van der Waals surface area (Å²) in [5.41, 5.74) is 4.34. The van der Waals surface area contributed by atoms with Crippen LogP contribution in [0.4, 0.5) is 0 Å². The quantitative estimate of drug-likeness (QED) is 0.264. The van der Waals surface area contributed by atoms with Crippen LogP contribution in [0, 0.1) is 0 Å². The fourth-order valence-electron chi connectivity index (χ4n) is 4.04. The highest BCUT2D eigenvalue weighted by molar-refractivity contribution is 7.13. The molecule has 12 bridgehead atoms. The molecule has 1 aliphatic rings. The van der Waals surface area contributed by atoms with Gasteiger partial charge in [-0.2, -0.15) is 0 Å². The number of carbonyl (C=O) groups excluding carboxylic acids is 2. The van der Waals surface area contributed by atoms with Crippen molar-refractivity contribution in [3.63, 3.8) is 0 Å².